The highest BCUT2D eigenvalue weighted by Gasteiger charge is 2.31. The van der Waals surface area contributed by atoms with Crippen LogP contribution in [0.15, 0.2) is 36.5 Å². The first-order chi connectivity index (χ1) is 16.0. The number of esters is 2. The predicted octanol–water partition coefficient (Wildman–Crippen LogP) is 4.57. The minimum atomic E-state index is -0.751. The third kappa shape index (κ3) is 7.30. The van der Waals surface area contributed by atoms with Gasteiger partial charge in [-0.3, -0.25) is 14.4 Å². The van der Waals surface area contributed by atoms with Crippen LogP contribution in [0.3, 0.4) is 0 Å². The van der Waals surface area contributed by atoms with Gasteiger partial charge in [-0.05, 0) is 31.9 Å². The molecule has 0 amide bonds. The maximum Gasteiger partial charge on any atom is 0.309 e. The second kappa shape index (κ2) is 12.2. The summed E-state index contributed by atoms with van der Waals surface area (Å²) in [4.78, 5) is 41.3. The second-order valence-electron chi connectivity index (χ2n) is 8.59. The molecular formula is C26H33NO7. The third-order valence-electron chi connectivity index (χ3n) is 5.21. The van der Waals surface area contributed by atoms with E-state index in [9.17, 15) is 14.4 Å². The van der Waals surface area contributed by atoms with Crippen LogP contribution in [-0.4, -0.2) is 42.0 Å². The first kappa shape index (κ1) is 26.8. The van der Waals surface area contributed by atoms with Crippen LogP contribution >= 0.6 is 0 Å². The number of carbonyl (C=O) groups is 3. The SMILES string of the molecule is COc1ccnc(C(=O)C[C@@H](C)C(=O)O[C@@H](C(C)C)[C@H](C)Oc2ccc(C)cc2)c1OC(C)=O. The highest BCUT2D eigenvalue weighted by atomic mass is 16.6. The van der Waals surface area contributed by atoms with Gasteiger partial charge in [-0.15, -0.1) is 0 Å². The summed E-state index contributed by atoms with van der Waals surface area (Å²) in [6.07, 6.45) is 0.287. The van der Waals surface area contributed by atoms with Gasteiger partial charge >= 0.3 is 11.9 Å². The first-order valence-corrected chi connectivity index (χ1v) is 11.2. The number of pyridine rings is 1. The summed E-state index contributed by atoms with van der Waals surface area (Å²) in [7, 11) is 1.39. The normalized spacial score (nSPS) is 13.5. The molecule has 1 aromatic carbocycles. The van der Waals surface area contributed by atoms with Crippen molar-refractivity contribution in [3.63, 3.8) is 0 Å². The number of ketones is 1. The lowest BCUT2D eigenvalue weighted by Gasteiger charge is -2.29. The quantitative estimate of drug-likeness (QED) is 0.347. The molecule has 34 heavy (non-hydrogen) atoms. The fourth-order valence-electron chi connectivity index (χ4n) is 3.41. The Kier molecular flexibility index (Phi) is 9.59. The van der Waals surface area contributed by atoms with Gasteiger partial charge in [0.1, 0.15) is 18.0 Å². The second-order valence-corrected chi connectivity index (χ2v) is 8.59. The molecule has 2 aromatic rings. The Labute approximate surface area is 200 Å². The Morgan fingerprint density at radius 2 is 1.65 bits per heavy atom. The van der Waals surface area contributed by atoms with Gasteiger partial charge in [-0.2, -0.15) is 0 Å². The lowest BCUT2D eigenvalue weighted by atomic mass is 10.00. The lowest BCUT2D eigenvalue weighted by Crippen LogP contribution is -2.39. The maximum atomic E-state index is 12.9. The lowest BCUT2D eigenvalue weighted by molar-refractivity contribution is -0.161. The Balaban J connectivity index is 2.09. The molecule has 0 unspecified atom stereocenters. The van der Waals surface area contributed by atoms with Crippen molar-refractivity contribution >= 4 is 17.7 Å². The van der Waals surface area contributed by atoms with E-state index in [4.69, 9.17) is 18.9 Å². The number of benzene rings is 1. The molecule has 0 fully saturated rings. The molecule has 184 valence electrons. The maximum absolute atomic E-state index is 12.9. The van der Waals surface area contributed by atoms with Gasteiger partial charge < -0.3 is 18.9 Å². The Morgan fingerprint density at radius 1 is 1.00 bits per heavy atom. The predicted molar refractivity (Wildman–Crippen MR) is 126 cm³/mol. The Hall–Kier alpha value is -3.42. The number of ether oxygens (including phenoxy) is 4. The van der Waals surface area contributed by atoms with Crippen molar-refractivity contribution in [1.29, 1.82) is 0 Å². The van der Waals surface area contributed by atoms with Crippen molar-refractivity contribution in [1.82, 2.24) is 4.98 Å². The van der Waals surface area contributed by atoms with Gasteiger partial charge in [0.25, 0.3) is 0 Å². The Morgan fingerprint density at radius 3 is 2.21 bits per heavy atom. The summed E-state index contributed by atoms with van der Waals surface area (Å²) in [6.45, 7) is 10.5. The molecule has 0 bridgehead atoms. The molecule has 3 atom stereocenters. The van der Waals surface area contributed by atoms with Crippen molar-refractivity contribution in [3.05, 3.63) is 47.8 Å². The number of rotatable bonds is 11. The summed E-state index contributed by atoms with van der Waals surface area (Å²) >= 11 is 0. The number of hydrogen-bond acceptors (Lipinski definition) is 8. The smallest absolute Gasteiger partial charge is 0.309 e. The van der Waals surface area contributed by atoms with Crippen LogP contribution in [0.1, 0.15) is 57.1 Å². The number of nitrogens with zero attached hydrogens (tertiary/aromatic N) is 1. The monoisotopic (exact) mass is 471 g/mol. The number of aryl methyl sites for hydroxylation is 1. The molecule has 0 saturated heterocycles. The molecule has 8 heteroatoms. The highest BCUT2D eigenvalue weighted by Crippen LogP contribution is 2.31. The van der Waals surface area contributed by atoms with Crippen LogP contribution in [-0.2, 0) is 14.3 Å². The zero-order valence-electron chi connectivity index (χ0n) is 20.8. The van der Waals surface area contributed by atoms with Gasteiger partial charge in [-0.25, -0.2) is 4.98 Å². The van der Waals surface area contributed by atoms with Crippen LogP contribution < -0.4 is 14.2 Å². The van der Waals surface area contributed by atoms with Crippen LogP contribution in [0.4, 0.5) is 0 Å². The Bertz CT molecular complexity index is 1000. The number of hydrogen-bond donors (Lipinski definition) is 0. The molecule has 1 heterocycles. The first-order valence-electron chi connectivity index (χ1n) is 11.2. The largest absolute Gasteiger partial charge is 0.493 e. The minimum Gasteiger partial charge on any atom is -0.493 e. The average molecular weight is 472 g/mol. The van der Waals surface area contributed by atoms with E-state index in [-0.39, 0.29) is 29.5 Å². The van der Waals surface area contributed by atoms with Crippen LogP contribution in [0.2, 0.25) is 0 Å². The molecule has 0 aliphatic heterocycles. The molecular weight excluding hydrogens is 438 g/mol. The van der Waals surface area contributed by atoms with Gasteiger partial charge in [0, 0.05) is 25.6 Å². The van der Waals surface area contributed by atoms with Gasteiger partial charge in [-0.1, -0.05) is 38.5 Å². The van der Waals surface area contributed by atoms with Crippen molar-refractivity contribution in [2.24, 2.45) is 11.8 Å². The molecule has 0 radical (unpaired) electrons. The van der Waals surface area contributed by atoms with Crippen molar-refractivity contribution in [2.75, 3.05) is 7.11 Å². The zero-order valence-corrected chi connectivity index (χ0v) is 20.8. The fourth-order valence-corrected chi connectivity index (χ4v) is 3.41. The van der Waals surface area contributed by atoms with Crippen LogP contribution in [0.25, 0.3) is 0 Å². The summed E-state index contributed by atoms with van der Waals surface area (Å²) in [6, 6.07) is 9.11. The molecule has 8 nitrogen and oxygen atoms in total. The van der Waals surface area contributed by atoms with Gasteiger partial charge in [0.05, 0.1) is 13.0 Å². The van der Waals surface area contributed by atoms with Crippen molar-refractivity contribution in [3.8, 4) is 17.2 Å². The number of Topliss-reactive ketones (excluding diaryl/α,β-unsaturated/α-hetero) is 1. The van der Waals surface area contributed by atoms with Crippen LogP contribution in [0.5, 0.6) is 17.2 Å². The van der Waals surface area contributed by atoms with Crippen LogP contribution in [0, 0.1) is 18.8 Å². The summed E-state index contributed by atoms with van der Waals surface area (Å²) < 4.78 is 22.1. The summed E-state index contributed by atoms with van der Waals surface area (Å²) in [5, 5.41) is 0. The van der Waals surface area contributed by atoms with Gasteiger partial charge in [0.2, 0.25) is 5.75 Å². The number of aromatic nitrogens is 1. The molecule has 2 rings (SSSR count). The molecule has 0 aliphatic carbocycles. The van der Waals surface area contributed by atoms with E-state index in [2.05, 4.69) is 4.98 Å². The molecule has 1 aromatic heterocycles. The number of carbonyl (C=O) groups excluding carboxylic acids is 3. The standard InChI is InChI=1S/C26H33NO7/c1-15(2)24(18(5)32-20-10-8-16(3)9-11-20)34-26(30)17(4)14-21(29)23-25(33-19(6)28)22(31-7)12-13-27-23/h8-13,15,17-18,24H,14H2,1-7H3/t17-,18+,24+/m1/s1. The molecule has 0 aliphatic rings. The highest BCUT2D eigenvalue weighted by molar-refractivity contribution is 5.99. The van der Waals surface area contributed by atoms with E-state index in [1.54, 1.807) is 6.92 Å². The van der Waals surface area contributed by atoms with E-state index in [1.165, 1.54) is 26.3 Å². The summed E-state index contributed by atoms with van der Waals surface area (Å²) in [5.41, 5.74) is 1.04. The molecule has 0 saturated carbocycles. The van der Waals surface area contributed by atoms with E-state index in [1.807, 2.05) is 52.0 Å². The molecule has 0 N–H and O–H groups in total. The zero-order chi connectivity index (χ0) is 25.4. The molecule has 0 spiro atoms. The van der Waals surface area contributed by atoms with Crippen molar-refractivity contribution in [2.45, 2.75) is 60.2 Å². The van der Waals surface area contributed by atoms with Gasteiger partial charge in [0.15, 0.2) is 17.2 Å². The van der Waals surface area contributed by atoms with Crippen molar-refractivity contribution < 1.29 is 33.3 Å². The third-order valence-corrected chi connectivity index (χ3v) is 5.21. The minimum absolute atomic E-state index is 0.0112. The topological polar surface area (TPSA) is 101 Å². The van der Waals surface area contributed by atoms with E-state index >= 15 is 0 Å². The fraction of sp³-hybridized carbons (Fsp3) is 0.462. The van der Waals surface area contributed by atoms with E-state index in [0.29, 0.717) is 5.75 Å². The van der Waals surface area contributed by atoms with E-state index < -0.39 is 35.8 Å². The summed E-state index contributed by atoms with van der Waals surface area (Å²) in [5.74, 6) is -1.55. The number of methoxy groups -OCH3 is 1. The average Bonchev–Trinajstić information content (AvgIpc) is 2.78. The van der Waals surface area contributed by atoms with E-state index in [0.717, 1.165) is 5.56 Å².